The number of hydrogen-bond acceptors (Lipinski definition) is 6. The molecule has 2 unspecified atom stereocenters. The third kappa shape index (κ3) is 6.31. The summed E-state index contributed by atoms with van der Waals surface area (Å²) < 4.78 is 13.6. The highest BCUT2D eigenvalue weighted by Gasteiger charge is 2.27. The summed E-state index contributed by atoms with van der Waals surface area (Å²) in [4.78, 5) is 50.7. The number of carbonyl (C=O) groups is 1. The van der Waals surface area contributed by atoms with Crippen LogP contribution in [0.2, 0.25) is 0 Å². The van der Waals surface area contributed by atoms with Gasteiger partial charge in [-0.2, -0.15) is 0 Å². The molecule has 3 atom stereocenters. The van der Waals surface area contributed by atoms with Crippen molar-refractivity contribution in [2.24, 2.45) is 5.92 Å². The van der Waals surface area contributed by atoms with E-state index in [1.54, 1.807) is 5.94 Å². The van der Waals surface area contributed by atoms with Crippen molar-refractivity contribution in [1.82, 2.24) is 20.9 Å². The van der Waals surface area contributed by atoms with E-state index in [1.807, 2.05) is 42.2 Å². The average Bonchev–Trinajstić information content (AvgIpc) is 3.53. The molecule has 0 spiro atoms. The van der Waals surface area contributed by atoms with Gasteiger partial charge in [0, 0.05) is 29.4 Å². The zero-order valence-electron chi connectivity index (χ0n) is 19.8. The Balaban J connectivity index is 1.58. The molecule has 2 aromatic carbocycles. The summed E-state index contributed by atoms with van der Waals surface area (Å²) in [7, 11) is 0. The van der Waals surface area contributed by atoms with Crippen LogP contribution in [-0.4, -0.2) is 47.3 Å². The summed E-state index contributed by atoms with van der Waals surface area (Å²) in [5.74, 6) is 4.43. The van der Waals surface area contributed by atoms with Crippen LogP contribution in [0.4, 0.5) is 4.39 Å². The van der Waals surface area contributed by atoms with Gasteiger partial charge < -0.3 is 20.9 Å². The topological polar surface area (TPSA) is 120 Å². The average molecular weight is 501 g/mol. The maximum Gasteiger partial charge on any atom is 0.268 e. The fourth-order valence-electron chi connectivity index (χ4n) is 4.52. The molecule has 0 radical (unpaired) electrons. The SMILES string of the molecule is O=C=CC(C[C@@H]1CCNC1=C=O)NC(=C=O)C(Cc1ccccc1)NC(=O)c1cc2cc(F)ccc2[nH]1. The van der Waals surface area contributed by atoms with E-state index >= 15 is 0 Å². The lowest BCUT2D eigenvalue weighted by atomic mass is 9.95. The number of aromatic nitrogens is 1. The lowest BCUT2D eigenvalue weighted by Gasteiger charge is -2.25. The molecule has 0 saturated carbocycles. The quantitative estimate of drug-likeness (QED) is 0.318. The van der Waals surface area contributed by atoms with Crippen LogP contribution in [-0.2, 0) is 20.8 Å². The molecule has 1 amide bonds. The van der Waals surface area contributed by atoms with Gasteiger partial charge in [-0.15, -0.1) is 0 Å². The first-order valence-electron chi connectivity index (χ1n) is 11.8. The van der Waals surface area contributed by atoms with Crippen LogP contribution in [0.3, 0.4) is 0 Å². The van der Waals surface area contributed by atoms with Gasteiger partial charge in [-0.3, -0.25) is 4.79 Å². The van der Waals surface area contributed by atoms with Crippen LogP contribution in [0.5, 0.6) is 0 Å². The molecule has 3 aromatic rings. The molecule has 0 aliphatic carbocycles. The van der Waals surface area contributed by atoms with Crippen molar-refractivity contribution in [3.63, 3.8) is 0 Å². The Morgan fingerprint density at radius 1 is 1.11 bits per heavy atom. The van der Waals surface area contributed by atoms with Gasteiger partial charge >= 0.3 is 0 Å². The van der Waals surface area contributed by atoms with Crippen molar-refractivity contribution in [3.8, 4) is 0 Å². The Morgan fingerprint density at radius 3 is 2.65 bits per heavy atom. The number of rotatable bonds is 10. The van der Waals surface area contributed by atoms with Gasteiger partial charge in [0.2, 0.25) is 0 Å². The monoisotopic (exact) mass is 500 g/mol. The van der Waals surface area contributed by atoms with Gasteiger partial charge in [-0.05, 0) is 49.1 Å². The minimum absolute atomic E-state index is 0.0402. The number of carbonyl (C=O) groups excluding carboxylic acids is 4. The van der Waals surface area contributed by atoms with E-state index in [-0.39, 0.29) is 23.7 Å². The highest BCUT2D eigenvalue weighted by molar-refractivity contribution is 5.98. The van der Waals surface area contributed by atoms with E-state index in [0.717, 1.165) is 5.56 Å². The Bertz CT molecular complexity index is 1430. The highest BCUT2D eigenvalue weighted by Crippen LogP contribution is 2.23. The molecule has 8 nitrogen and oxygen atoms in total. The Kier molecular flexibility index (Phi) is 8.14. The first-order chi connectivity index (χ1) is 18.0. The number of amides is 1. The van der Waals surface area contributed by atoms with Crippen molar-refractivity contribution in [2.75, 3.05) is 6.54 Å². The van der Waals surface area contributed by atoms with Gasteiger partial charge in [-0.1, -0.05) is 30.3 Å². The predicted octanol–water partition coefficient (Wildman–Crippen LogP) is 2.42. The van der Waals surface area contributed by atoms with Crippen molar-refractivity contribution >= 4 is 34.6 Å². The van der Waals surface area contributed by atoms with Crippen LogP contribution in [0, 0.1) is 11.7 Å². The van der Waals surface area contributed by atoms with Gasteiger partial charge in [0.15, 0.2) is 0 Å². The summed E-state index contributed by atoms with van der Waals surface area (Å²) in [6.07, 6.45) is 2.53. The highest BCUT2D eigenvalue weighted by atomic mass is 19.1. The van der Waals surface area contributed by atoms with Crippen LogP contribution in [0.15, 0.2) is 72.1 Å². The van der Waals surface area contributed by atoms with Crippen molar-refractivity contribution in [3.05, 3.63) is 89.1 Å². The number of fused-ring (bicyclic) bond motifs is 1. The van der Waals surface area contributed by atoms with E-state index in [9.17, 15) is 23.6 Å². The normalized spacial score (nSPS) is 16.0. The lowest BCUT2D eigenvalue weighted by Crippen LogP contribution is -2.45. The number of allylic oxidation sites excluding steroid dienone is 1. The van der Waals surface area contributed by atoms with Crippen molar-refractivity contribution in [1.29, 1.82) is 0 Å². The number of hydrogen-bond donors (Lipinski definition) is 4. The number of aromatic amines is 1. The van der Waals surface area contributed by atoms with E-state index in [2.05, 4.69) is 20.9 Å². The second-order valence-corrected chi connectivity index (χ2v) is 8.85. The minimum atomic E-state index is -0.819. The summed E-state index contributed by atoms with van der Waals surface area (Å²) in [6.45, 7) is 0.615. The van der Waals surface area contributed by atoms with E-state index < -0.39 is 23.8 Å². The van der Waals surface area contributed by atoms with Gasteiger partial charge in [0.05, 0.1) is 17.8 Å². The van der Waals surface area contributed by atoms with Crippen LogP contribution < -0.4 is 16.0 Å². The summed E-state index contributed by atoms with van der Waals surface area (Å²) in [6, 6.07) is 13.5. The van der Waals surface area contributed by atoms with Crippen LogP contribution in [0.1, 0.15) is 28.9 Å². The minimum Gasteiger partial charge on any atom is -0.379 e. The molecule has 1 aromatic heterocycles. The number of H-pyrrole nitrogens is 1. The zero-order chi connectivity index (χ0) is 26.2. The molecule has 37 heavy (non-hydrogen) atoms. The first kappa shape index (κ1) is 25.4. The fraction of sp³-hybridized carbons (Fsp3) is 0.250. The second kappa shape index (κ2) is 11.8. The lowest BCUT2D eigenvalue weighted by molar-refractivity contribution is 0.0937. The second-order valence-electron chi connectivity index (χ2n) is 8.85. The molecular formula is C28H25FN4O4. The van der Waals surface area contributed by atoms with E-state index in [1.165, 1.54) is 30.3 Å². The van der Waals surface area contributed by atoms with Gasteiger partial charge in [0.25, 0.3) is 5.91 Å². The molecule has 0 bridgehead atoms. The van der Waals surface area contributed by atoms with Crippen molar-refractivity contribution in [2.45, 2.75) is 31.3 Å². The first-order valence-corrected chi connectivity index (χ1v) is 11.8. The van der Waals surface area contributed by atoms with Gasteiger partial charge in [0.1, 0.15) is 35.0 Å². The molecule has 9 heteroatoms. The largest absolute Gasteiger partial charge is 0.379 e. The smallest absolute Gasteiger partial charge is 0.268 e. The summed E-state index contributed by atoms with van der Waals surface area (Å²) in [5, 5.41) is 9.37. The molecule has 1 aliphatic heterocycles. The maximum atomic E-state index is 13.6. The fourth-order valence-corrected chi connectivity index (χ4v) is 4.52. The summed E-state index contributed by atoms with van der Waals surface area (Å²) in [5.41, 5.74) is 2.11. The number of benzene rings is 2. The molecule has 4 N–H and O–H groups in total. The maximum absolute atomic E-state index is 13.6. The molecule has 2 heterocycles. The van der Waals surface area contributed by atoms with E-state index in [0.29, 0.717) is 36.0 Å². The summed E-state index contributed by atoms with van der Waals surface area (Å²) >= 11 is 0. The van der Waals surface area contributed by atoms with Crippen LogP contribution in [0.25, 0.3) is 10.9 Å². The third-order valence-electron chi connectivity index (χ3n) is 6.35. The molecule has 188 valence electrons. The Labute approximate surface area is 212 Å². The van der Waals surface area contributed by atoms with Gasteiger partial charge in [-0.25, -0.2) is 18.8 Å². The molecule has 1 fully saturated rings. The third-order valence-corrected chi connectivity index (χ3v) is 6.35. The Morgan fingerprint density at radius 2 is 1.92 bits per heavy atom. The van der Waals surface area contributed by atoms with Crippen LogP contribution >= 0.6 is 0 Å². The van der Waals surface area contributed by atoms with Crippen molar-refractivity contribution < 1.29 is 23.6 Å². The van der Waals surface area contributed by atoms with E-state index in [4.69, 9.17) is 0 Å². The molecular weight excluding hydrogens is 475 g/mol. The molecule has 4 rings (SSSR count). The molecule has 1 aliphatic rings. The predicted molar refractivity (Wildman–Crippen MR) is 136 cm³/mol. The number of halogens is 1. The standard InChI is InChI=1S/C28H25FN4O4/c29-21-6-7-23-20(13-21)15-25(32-23)28(37)33-24(12-18-4-2-1-3-5-18)27(17-36)31-22(9-11-34)14-19-8-10-30-26(19)16-35/h1-7,9,13,15,19,22,24,30-32H,8,10,12,14H2,(H,33,37)/t19-,22?,24?/m0/s1. The zero-order valence-corrected chi connectivity index (χ0v) is 19.8. The molecule has 1 saturated heterocycles. The number of nitrogens with one attached hydrogen (secondary N) is 4. The Hall–Kier alpha value is -4.67.